The van der Waals surface area contributed by atoms with Crippen molar-refractivity contribution in [2.24, 2.45) is 12.8 Å². The van der Waals surface area contributed by atoms with Gasteiger partial charge in [0.1, 0.15) is 0 Å². The quantitative estimate of drug-likeness (QED) is 0.166. The Morgan fingerprint density at radius 3 is 2.18 bits per heavy atom. The number of ether oxygens (including phenoxy) is 1. The molecule has 10 nitrogen and oxygen atoms in total. The van der Waals surface area contributed by atoms with Crippen LogP contribution in [0.1, 0.15) is 89.0 Å². The molecule has 0 aliphatic carbocycles. The zero-order chi connectivity index (χ0) is 39.8. The van der Waals surface area contributed by atoms with Gasteiger partial charge in [-0.1, -0.05) is 69.2 Å². The maximum Gasteiger partial charge on any atom is 0.255 e. The lowest BCUT2D eigenvalue weighted by atomic mass is 9.88. The van der Waals surface area contributed by atoms with Crippen LogP contribution in [0.15, 0.2) is 71.6 Å². The minimum absolute atomic E-state index is 0.00386. The van der Waals surface area contributed by atoms with Crippen LogP contribution in [0.3, 0.4) is 0 Å². The molecule has 1 atom stereocenters. The highest BCUT2D eigenvalue weighted by atomic mass is 32.2. The van der Waals surface area contributed by atoms with Crippen molar-refractivity contribution in [3.8, 4) is 11.3 Å². The maximum atomic E-state index is 15.5. The number of fused-ring (bicyclic) bond motifs is 2. The van der Waals surface area contributed by atoms with E-state index in [0.29, 0.717) is 43.2 Å². The van der Waals surface area contributed by atoms with Crippen molar-refractivity contribution >= 4 is 22.3 Å². The Labute approximate surface area is 333 Å². The number of unbranched alkanes of at least 4 members (excludes halogenated alkanes) is 2. The molecule has 0 bridgehead atoms. The van der Waals surface area contributed by atoms with Gasteiger partial charge in [-0.3, -0.25) is 14.5 Å². The Morgan fingerprint density at radius 2 is 1.50 bits per heavy atom. The SMILES string of the molecule is CCCCc1c(CCCC)c(-c2cc3c(cc2C(=O)N2Cc4ccccc4C[C@H]2CN2CCOCC2)CN(S(=O)(=O)c2ccccc2)CC3)n(C)c1C.NC=O. The average molecular weight is 782 g/mol. The molecule has 3 aliphatic rings. The first-order chi connectivity index (χ1) is 27.1. The van der Waals surface area contributed by atoms with E-state index in [1.807, 2.05) is 6.07 Å². The Morgan fingerprint density at radius 1 is 0.857 bits per heavy atom. The van der Waals surface area contributed by atoms with Crippen molar-refractivity contribution in [3.05, 3.63) is 111 Å². The van der Waals surface area contributed by atoms with Gasteiger partial charge in [0.2, 0.25) is 16.4 Å². The summed E-state index contributed by atoms with van der Waals surface area (Å²) in [7, 11) is -1.53. The molecule has 300 valence electrons. The Hall–Kier alpha value is -4.29. The van der Waals surface area contributed by atoms with Crippen LogP contribution >= 0.6 is 0 Å². The monoisotopic (exact) mass is 781 g/mol. The number of hydrogen-bond donors (Lipinski definition) is 1. The van der Waals surface area contributed by atoms with Crippen molar-refractivity contribution in [2.45, 2.75) is 96.2 Å². The van der Waals surface area contributed by atoms with Crippen molar-refractivity contribution in [1.82, 2.24) is 18.7 Å². The maximum absolute atomic E-state index is 15.5. The van der Waals surface area contributed by atoms with Gasteiger partial charge in [-0.2, -0.15) is 4.31 Å². The second-order valence-corrected chi connectivity index (χ2v) is 17.3. The van der Waals surface area contributed by atoms with Crippen LogP contribution in [-0.4, -0.2) is 84.8 Å². The van der Waals surface area contributed by atoms with E-state index < -0.39 is 10.0 Å². The molecule has 0 radical (unpaired) electrons. The van der Waals surface area contributed by atoms with Gasteiger partial charge < -0.3 is 19.9 Å². The molecule has 3 aliphatic heterocycles. The molecule has 56 heavy (non-hydrogen) atoms. The number of carbonyl (C=O) groups excluding carboxylic acids is 2. The number of benzene rings is 3. The molecule has 3 aromatic carbocycles. The Kier molecular flexibility index (Phi) is 13.9. The predicted octanol–water partition coefficient (Wildman–Crippen LogP) is 6.43. The van der Waals surface area contributed by atoms with Crippen molar-refractivity contribution in [1.29, 1.82) is 0 Å². The van der Waals surface area contributed by atoms with Crippen LogP contribution in [0.4, 0.5) is 0 Å². The largest absolute Gasteiger partial charge is 0.379 e. The average Bonchev–Trinajstić information content (AvgIpc) is 3.45. The molecule has 1 saturated heterocycles. The van der Waals surface area contributed by atoms with Gasteiger partial charge in [-0.05, 0) is 103 Å². The molecule has 2 N–H and O–H groups in total. The second kappa shape index (κ2) is 18.8. The summed E-state index contributed by atoms with van der Waals surface area (Å²) in [5.41, 5.74) is 15.6. The summed E-state index contributed by atoms with van der Waals surface area (Å²) in [5, 5.41) is 0. The van der Waals surface area contributed by atoms with E-state index >= 15 is 4.79 Å². The number of amides is 2. The highest BCUT2D eigenvalue weighted by Gasteiger charge is 2.36. The fourth-order valence-corrected chi connectivity index (χ4v) is 10.2. The van der Waals surface area contributed by atoms with Gasteiger partial charge >= 0.3 is 0 Å². The summed E-state index contributed by atoms with van der Waals surface area (Å²) in [6.07, 6.45) is 8.08. The molecular formula is C45H59N5O5S. The zero-order valence-electron chi connectivity index (χ0n) is 33.6. The van der Waals surface area contributed by atoms with Gasteiger partial charge in [-0.15, -0.1) is 0 Å². The number of carbonyl (C=O) groups is 2. The van der Waals surface area contributed by atoms with E-state index in [1.165, 1.54) is 27.9 Å². The third-order valence-corrected chi connectivity index (χ3v) is 13.7. The molecule has 4 aromatic rings. The summed E-state index contributed by atoms with van der Waals surface area (Å²) in [5.74, 6) is 0.0222. The third kappa shape index (κ3) is 8.81. The lowest BCUT2D eigenvalue weighted by Gasteiger charge is -2.41. The summed E-state index contributed by atoms with van der Waals surface area (Å²) >= 11 is 0. The molecular weight excluding hydrogens is 723 g/mol. The zero-order valence-corrected chi connectivity index (χ0v) is 34.5. The fourth-order valence-electron chi connectivity index (χ4n) is 8.71. The van der Waals surface area contributed by atoms with Crippen LogP contribution in [0.25, 0.3) is 11.3 Å². The van der Waals surface area contributed by atoms with Crippen LogP contribution < -0.4 is 5.73 Å². The summed E-state index contributed by atoms with van der Waals surface area (Å²) < 4.78 is 37.3. The van der Waals surface area contributed by atoms with Gasteiger partial charge in [0.25, 0.3) is 5.91 Å². The Bertz CT molecular complexity index is 2090. The van der Waals surface area contributed by atoms with E-state index in [0.717, 1.165) is 87.0 Å². The minimum atomic E-state index is -3.70. The van der Waals surface area contributed by atoms with Gasteiger partial charge in [0.15, 0.2) is 0 Å². The standard InChI is InChI=1S/C44H56N4O4S.CH3NO/c1-5-7-18-39-32(3)45(4)43(40(39)19-8-6-2)41-27-34-20-21-47(53(50,51)38-16-10-9-11-17-38)29-36(34)28-42(41)44(49)48-30-35-15-13-12-14-33(35)26-37(48)31-46-22-24-52-25-23-46;2-1-3/h9-17,27-28,37H,5-8,18-26,29-31H2,1-4H3;1H,(H2,2,3)/t37-;/m0./s1. The first-order valence-electron chi connectivity index (χ1n) is 20.3. The summed E-state index contributed by atoms with van der Waals surface area (Å²) in [4.78, 5) is 28.9. The van der Waals surface area contributed by atoms with Crippen LogP contribution in [0.2, 0.25) is 0 Å². The summed E-state index contributed by atoms with van der Waals surface area (Å²) in [6, 6.07) is 21.5. The Balaban J connectivity index is 0.00000172. The predicted molar refractivity (Wildman–Crippen MR) is 222 cm³/mol. The molecule has 0 saturated carbocycles. The van der Waals surface area contributed by atoms with Gasteiger partial charge in [-0.25, -0.2) is 8.42 Å². The lowest BCUT2D eigenvalue weighted by molar-refractivity contribution is -0.106. The number of hydrogen-bond acceptors (Lipinski definition) is 6. The fraction of sp³-hybridized carbons (Fsp3) is 0.467. The van der Waals surface area contributed by atoms with E-state index in [-0.39, 0.29) is 24.9 Å². The number of morpholine rings is 1. The van der Waals surface area contributed by atoms with E-state index in [1.54, 1.807) is 28.6 Å². The van der Waals surface area contributed by atoms with E-state index in [2.05, 4.69) is 84.3 Å². The number of primary amides is 1. The normalized spacial score (nSPS) is 17.4. The molecule has 0 unspecified atom stereocenters. The smallest absolute Gasteiger partial charge is 0.255 e. The lowest BCUT2D eigenvalue weighted by Crippen LogP contribution is -2.52. The number of nitrogens with zero attached hydrogens (tertiary/aromatic N) is 4. The van der Waals surface area contributed by atoms with Crippen LogP contribution in [0.5, 0.6) is 0 Å². The molecule has 1 aromatic heterocycles. The van der Waals surface area contributed by atoms with E-state index in [4.69, 9.17) is 9.53 Å². The highest BCUT2D eigenvalue weighted by Crippen LogP contribution is 2.39. The highest BCUT2D eigenvalue weighted by molar-refractivity contribution is 7.89. The number of aromatic nitrogens is 1. The minimum Gasteiger partial charge on any atom is -0.379 e. The number of rotatable bonds is 12. The van der Waals surface area contributed by atoms with Crippen molar-refractivity contribution < 1.29 is 22.7 Å². The van der Waals surface area contributed by atoms with Crippen LogP contribution in [0, 0.1) is 6.92 Å². The topological polar surface area (TPSA) is 118 Å². The molecule has 0 spiro atoms. The molecule has 2 amide bonds. The first kappa shape index (κ1) is 41.3. The number of nitrogens with two attached hydrogens (primary N) is 1. The van der Waals surface area contributed by atoms with Crippen molar-refractivity contribution in [2.75, 3.05) is 39.4 Å². The van der Waals surface area contributed by atoms with E-state index in [9.17, 15) is 8.42 Å². The third-order valence-electron chi connectivity index (χ3n) is 11.9. The van der Waals surface area contributed by atoms with Crippen LogP contribution in [-0.2, 0) is 65.4 Å². The van der Waals surface area contributed by atoms with Gasteiger partial charge in [0, 0.05) is 69.2 Å². The molecule has 1 fully saturated rings. The summed E-state index contributed by atoms with van der Waals surface area (Å²) in [6.45, 7) is 11.8. The number of sulfonamides is 1. The van der Waals surface area contributed by atoms with Gasteiger partial charge in [0.05, 0.1) is 23.8 Å². The first-order valence-corrected chi connectivity index (χ1v) is 21.8. The van der Waals surface area contributed by atoms with Crippen molar-refractivity contribution in [3.63, 3.8) is 0 Å². The molecule has 11 heteroatoms. The molecule has 7 rings (SSSR count). The molecule has 4 heterocycles. The second-order valence-electron chi connectivity index (χ2n) is 15.3.